The SMILES string of the molecule is C[C@H]1CC[C@H](n2cc3cc(NC(=O)c4cc(F)cc(C(F)(F)F)c4)ccc3n2)CC1. The van der Waals surface area contributed by atoms with Gasteiger partial charge in [0.15, 0.2) is 0 Å². The predicted octanol–water partition coefficient (Wildman–Crippen LogP) is 6.20. The van der Waals surface area contributed by atoms with Crippen LogP contribution in [0.1, 0.15) is 54.6 Å². The van der Waals surface area contributed by atoms with Crippen LogP contribution in [-0.4, -0.2) is 15.7 Å². The van der Waals surface area contributed by atoms with Crippen LogP contribution in [0.2, 0.25) is 0 Å². The van der Waals surface area contributed by atoms with Crippen molar-refractivity contribution < 1.29 is 22.4 Å². The van der Waals surface area contributed by atoms with Gasteiger partial charge in [-0.1, -0.05) is 6.92 Å². The summed E-state index contributed by atoms with van der Waals surface area (Å²) in [4.78, 5) is 12.4. The van der Waals surface area contributed by atoms with Crippen LogP contribution in [0.15, 0.2) is 42.6 Å². The van der Waals surface area contributed by atoms with Crippen LogP contribution in [0.25, 0.3) is 10.9 Å². The van der Waals surface area contributed by atoms with Crippen molar-refractivity contribution in [3.8, 4) is 0 Å². The first-order chi connectivity index (χ1) is 14.2. The van der Waals surface area contributed by atoms with E-state index in [1.54, 1.807) is 18.2 Å². The van der Waals surface area contributed by atoms with E-state index in [0.29, 0.717) is 23.9 Å². The Morgan fingerprint density at radius 3 is 2.53 bits per heavy atom. The van der Waals surface area contributed by atoms with Crippen molar-refractivity contribution in [2.24, 2.45) is 5.92 Å². The fourth-order valence-corrected chi connectivity index (χ4v) is 3.90. The number of fused-ring (bicyclic) bond motifs is 1. The van der Waals surface area contributed by atoms with Crippen molar-refractivity contribution in [1.82, 2.24) is 9.78 Å². The highest BCUT2D eigenvalue weighted by Crippen LogP contribution is 2.33. The first kappa shape index (κ1) is 20.4. The van der Waals surface area contributed by atoms with Crippen LogP contribution in [0, 0.1) is 11.7 Å². The van der Waals surface area contributed by atoms with E-state index < -0.39 is 29.0 Å². The Morgan fingerprint density at radius 1 is 1.10 bits per heavy atom. The molecule has 0 bridgehead atoms. The highest BCUT2D eigenvalue weighted by molar-refractivity contribution is 6.05. The molecule has 0 atom stereocenters. The van der Waals surface area contributed by atoms with Crippen LogP contribution < -0.4 is 5.32 Å². The van der Waals surface area contributed by atoms with Crippen molar-refractivity contribution in [2.45, 2.75) is 44.8 Å². The summed E-state index contributed by atoms with van der Waals surface area (Å²) in [5.74, 6) is -1.20. The number of carbonyl (C=O) groups excluding carboxylic acids is 1. The van der Waals surface area contributed by atoms with Gasteiger partial charge in [0.05, 0.1) is 17.1 Å². The molecule has 1 fully saturated rings. The van der Waals surface area contributed by atoms with E-state index in [2.05, 4.69) is 17.3 Å². The van der Waals surface area contributed by atoms with E-state index >= 15 is 0 Å². The number of benzene rings is 2. The van der Waals surface area contributed by atoms with Gasteiger partial charge in [0.25, 0.3) is 5.91 Å². The minimum atomic E-state index is -4.73. The maximum Gasteiger partial charge on any atom is 0.416 e. The third kappa shape index (κ3) is 4.32. The van der Waals surface area contributed by atoms with Crippen molar-refractivity contribution in [3.05, 3.63) is 59.5 Å². The Bertz CT molecular complexity index is 1080. The summed E-state index contributed by atoms with van der Waals surface area (Å²) < 4.78 is 54.2. The molecule has 30 heavy (non-hydrogen) atoms. The molecule has 1 aromatic heterocycles. The number of alkyl halides is 3. The third-order valence-electron chi connectivity index (χ3n) is 5.63. The molecule has 2 aromatic carbocycles. The maximum atomic E-state index is 13.6. The average molecular weight is 419 g/mol. The molecule has 4 rings (SSSR count). The van der Waals surface area contributed by atoms with Crippen molar-refractivity contribution in [1.29, 1.82) is 0 Å². The second kappa shape index (κ2) is 7.74. The molecule has 0 radical (unpaired) electrons. The summed E-state index contributed by atoms with van der Waals surface area (Å²) in [5, 5.41) is 7.98. The normalized spacial score (nSPS) is 19.8. The summed E-state index contributed by atoms with van der Waals surface area (Å²) in [7, 11) is 0. The molecule has 3 aromatic rings. The fourth-order valence-electron chi connectivity index (χ4n) is 3.90. The molecule has 0 unspecified atom stereocenters. The zero-order valence-corrected chi connectivity index (χ0v) is 16.3. The monoisotopic (exact) mass is 419 g/mol. The van der Waals surface area contributed by atoms with Gasteiger partial charge in [0.1, 0.15) is 5.82 Å². The number of nitrogens with zero attached hydrogens (tertiary/aromatic N) is 2. The topological polar surface area (TPSA) is 46.9 Å². The molecule has 0 saturated heterocycles. The van der Waals surface area contributed by atoms with E-state index in [4.69, 9.17) is 0 Å². The van der Waals surface area contributed by atoms with Crippen LogP contribution in [0.4, 0.5) is 23.2 Å². The number of hydrogen-bond acceptors (Lipinski definition) is 2. The Morgan fingerprint density at radius 2 is 1.83 bits per heavy atom. The number of amides is 1. The lowest BCUT2D eigenvalue weighted by molar-refractivity contribution is -0.137. The smallest absolute Gasteiger partial charge is 0.322 e. The van der Waals surface area contributed by atoms with Crippen LogP contribution in [-0.2, 0) is 6.18 Å². The fraction of sp³-hybridized carbons (Fsp3) is 0.364. The van der Waals surface area contributed by atoms with E-state index in [-0.39, 0.29) is 0 Å². The standard InChI is InChI=1S/C22H21F4N3O/c1-13-2-5-19(6-3-13)29-12-15-10-18(4-7-20(15)28-29)27-21(30)14-8-16(22(24,25)26)11-17(23)9-14/h4,7-13,19H,2-3,5-6H2,1H3,(H,27,30)/t13-,19-. The highest BCUT2D eigenvalue weighted by atomic mass is 19.4. The second-order valence-electron chi connectivity index (χ2n) is 7.98. The number of anilines is 1. The molecule has 4 nitrogen and oxygen atoms in total. The van der Waals surface area contributed by atoms with Gasteiger partial charge in [-0.15, -0.1) is 0 Å². The number of nitrogens with one attached hydrogen (secondary N) is 1. The molecule has 0 aliphatic heterocycles. The number of rotatable bonds is 3. The Labute approximate surface area is 170 Å². The molecule has 1 amide bonds. The van der Waals surface area contributed by atoms with E-state index in [1.807, 2.05) is 10.9 Å². The molecule has 8 heteroatoms. The molecule has 1 heterocycles. The van der Waals surface area contributed by atoms with Gasteiger partial charge in [-0.05, 0) is 68.0 Å². The van der Waals surface area contributed by atoms with E-state index in [0.717, 1.165) is 48.6 Å². The van der Waals surface area contributed by atoms with Crippen LogP contribution in [0.3, 0.4) is 0 Å². The predicted molar refractivity (Wildman–Crippen MR) is 106 cm³/mol. The first-order valence-corrected chi connectivity index (χ1v) is 9.87. The quantitative estimate of drug-likeness (QED) is 0.514. The van der Waals surface area contributed by atoms with Gasteiger partial charge in [-0.3, -0.25) is 9.48 Å². The van der Waals surface area contributed by atoms with Crippen LogP contribution in [0.5, 0.6) is 0 Å². The number of aromatic nitrogens is 2. The summed E-state index contributed by atoms with van der Waals surface area (Å²) in [6.45, 7) is 2.25. The zero-order chi connectivity index (χ0) is 21.5. The molecular weight excluding hydrogens is 398 g/mol. The molecule has 1 saturated carbocycles. The highest BCUT2D eigenvalue weighted by Gasteiger charge is 2.32. The molecule has 1 N–H and O–H groups in total. The molecule has 158 valence electrons. The van der Waals surface area contributed by atoms with E-state index in [9.17, 15) is 22.4 Å². The minimum absolute atomic E-state index is 0.347. The maximum absolute atomic E-state index is 13.6. The lowest BCUT2D eigenvalue weighted by Gasteiger charge is -2.26. The van der Waals surface area contributed by atoms with Crippen LogP contribution >= 0.6 is 0 Å². The summed E-state index contributed by atoms with van der Waals surface area (Å²) in [6.07, 6.45) is 1.66. The lowest BCUT2D eigenvalue weighted by Crippen LogP contribution is -2.16. The second-order valence-corrected chi connectivity index (χ2v) is 7.98. The van der Waals surface area contributed by atoms with Gasteiger partial charge in [-0.25, -0.2) is 4.39 Å². The summed E-state index contributed by atoms with van der Waals surface area (Å²) >= 11 is 0. The molecule has 0 spiro atoms. The zero-order valence-electron chi connectivity index (χ0n) is 16.3. The Hall–Kier alpha value is -2.90. The third-order valence-corrected chi connectivity index (χ3v) is 5.63. The van der Waals surface area contributed by atoms with Crippen molar-refractivity contribution in [3.63, 3.8) is 0 Å². The Kier molecular flexibility index (Phi) is 5.26. The van der Waals surface area contributed by atoms with Gasteiger partial charge in [-0.2, -0.15) is 18.3 Å². The van der Waals surface area contributed by atoms with Gasteiger partial charge >= 0.3 is 6.18 Å². The van der Waals surface area contributed by atoms with Crippen molar-refractivity contribution in [2.75, 3.05) is 5.32 Å². The van der Waals surface area contributed by atoms with Gasteiger partial charge < -0.3 is 5.32 Å². The van der Waals surface area contributed by atoms with Gasteiger partial charge in [0.2, 0.25) is 0 Å². The number of halogens is 4. The summed E-state index contributed by atoms with van der Waals surface area (Å²) in [5.41, 5.74) is -0.417. The molecular formula is C22H21F4N3O. The molecule has 1 aliphatic rings. The van der Waals surface area contributed by atoms with E-state index in [1.165, 1.54) is 0 Å². The first-order valence-electron chi connectivity index (χ1n) is 9.87. The lowest BCUT2D eigenvalue weighted by atomic mass is 9.87. The number of carbonyl (C=O) groups is 1. The number of hydrogen-bond donors (Lipinski definition) is 1. The molecule has 1 aliphatic carbocycles. The average Bonchev–Trinajstić information content (AvgIpc) is 3.10. The minimum Gasteiger partial charge on any atom is -0.322 e. The van der Waals surface area contributed by atoms with Crippen molar-refractivity contribution >= 4 is 22.5 Å². The largest absolute Gasteiger partial charge is 0.416 e. The Balaban J connectivity index is 1.54. The summed E-state index contributed by atoms with van der Waals surface area (Å²) in [6, 6.07) is 7.23. The van der Waals surface area contributed by atoms with Gasteiger partial charge in [0, 0.05) is 22.8 Å².